The number of rotatable bonds is 4. The molecule has 0 aromatic heterocycles. The Hall–Kier alpha value is -0.800. The second-order valence-electron chi connectivity index (χ2n) is 4.82. The molecule has 0 bridgehead atoms. The molecule has 0 spiro atoms. The smallest absolute Gasteiger partial charge is 0.189 e. The molecule has 3 heteroatoms. The Morgan fingerprint density at radius 3 is 3.06 bits per heavy atom. The van der Waals surface area contributed by atoms with Crippen LogP contribution in [-0.2, 0) is 9.47 Å². The lowest BCUT2D eigenvalue weighted by atomic mass is 9.87. The number of hydrogen-bond acceptors (Lipinski definition) is 3. The van der Waals surface area contributed by atoms with Crippen molar-refractivity contribution in [2.45, 2.75) is 51.2 Å². The number of ether oxygens (including phenoxy) is 2. The molecule has 0 aromatic rings. The maximum atomic E-state index is 9.79. The zero-order chi connectivity index (χ0) is 11.6. The highest BCUT2D eigenvalue weighted by Gasteiger charge is 2.39. The average Bonchev–Trinajstić information content (AvgIpc) is 2.58. The molecule has 0 aromatic carbocycles. The Bertz CT molecular complexity index is 319. The molecular weight excluding hydrogens is 204 g/mol. The van der Waals surface area contributed by atoms with Crippen LogP contribution in [0.2, 0.25) is 0 Å². The van der Waals surface area contributed by atoms with Crippen molar-refractivity contribution < 1.29 is 14.6 Å². The molecule has 0 saturated carbocycles. The maximum absolute atomic E-state index is 9.79. The van der Waals surface area contributed by atoms with Gasteiger partial charge in [0.25, 0.3) is 0 Å². The summed E-state index contributed by atoms with van der Waals surface area (Å²) >= 11 is 0. The Balaban J connectivity index is 1.99. The van der Waals surface area contributed by atoms with Crippen LogP contribution >= 0.6 is 0 Å². The number of fused-ring (bicyclic) bond motifs is 1. The van der Waals surface area contributed by atoms with Crippen molar-refractivity contribution in [2.75, 3.05) is 6.79 Å². The first-order valence-electron chi connectivity index (χ1n) is 5.99. The van der Waals surface area contributed by atoms with Crippen molar-refractivity contribution in [3.63, 3.8) is 0 Å². The monoisotopic (exact) mass is 224 g/mol. The maximum Gasteiger partial charge on any atom is 0.189 e. The molecule has 16 heavy (non-hydrogen) atoms. The lowest BCUT2D eigenvalue weighted by Crippen LogP contribution is -2.28. The van der Waals surface area contributed by atoms with E-state index in [4.69, 9.17) is 9.47 Å². The third-order valence-electron chi connectivity index (χ3n) is 3.27. The molecule has 2 atom stereocenters. The lowest BCUT2D eigenvalue weighted by Gasteiger charge is -2.27. The summed E-state index contributed by atoms with van der Waals surface area (Å²) in [7, 11) is 0. The summed E-state index contributed by atoms with van der Waals surface area (Å²) in [5, 5.41) is 9.79. The molecule has 2 aliphatic rings. The summed E-state index contributed by atoms with van der Waals surface area (Å²) in [6.07, 6.45) is 7.27. The van der Waals surface area contributed by atoms with Gasteiger partial charge in [0, 0.05) is 6.42 Å². The highest BCUT2D eigenvalue weighted by atomic mass is 16.7. The molecule has 0 amide bonds. The van der Waals surface area contributed by atoms with Gasteiger partial charge >= 0.3 is 0 Å². The number of allylic oxidation sites excluding steroid dienone is 2. The normalized spacial score (nSPS) is 30.2. The van der Waals surface area contributed by atoms with E-state index < -0.39 is 0 Å². The van der Waals surface area contributed by atoms with Gasteiger partial charge in [0.15, 0.2) is 6.79 Å². The summed E-state index contributed by atoms with van der Waals surface area (Å²) in [6, 6.07) is 0. The van der Waals surface area contributed by atoms with Gasteiger partial charge in [0.1, 0.15) is 11.4 Å². The van der Waals surface area contributed by atoms with Gasteiger partial charge in [-0.15, -0.1) is 0 Å². The topological polar surface area (TPSA) is 38.7 Å². The first kappa shape index (κ1) is 11.7. The Labute approximate surface area is 96.7 Å². The van der Waals surface area contributed by atoms with Gasteiger partial charge in [-0.2, -0.15) is 0 Å². The van der Waals surface area contributed by atoms with Gasteiger partial charge in [0.05, 0.1) is 6.10 Å². The SMILES string of the molecule is CCCC(O)CC1=CC=C2OCOC2(C)C1. The van der Waals surface area contributed by atoms with Crippen LogP contribution in [0.1, 0.15) is 39.5 Å². The molecule has 1 fully saturated rings. The van der Waals surface area contributed by atoms with Gasteiger partial charge < -0.3 is 14.6 Å². The predicted molar refractivity (Wildman–Crippen MR) is 61.8 cm³/mol. The first-order chi connectivity index (χ1) is 7.64. The second kappa shape index (κ2) is 4.60. The van der Waals surface area contributed by atoms with E-state index in [1.54, 1.807) is 0 Å². The van der Waals surface area contributed by atoms with Gasteiger partial charge in [-0.25, -0.2) is 0 Å². The van der Waals surface area contributed by atoms with Crippen LogP contribution in [0.4, 0.5) is 0 Å². The van der Waals surface area contributed by atoms with Gasteiger partial charge in [-0.05, 0) is 25.8 Å². The van der Waals surface area contributed by atoms with E-state index in [0.717, 1.165) is 31.4 Å². The molecule has 3 nitrogen and oxygen atoms in total. The molecule has 1 saturated heterocycles. The summed E-state index contributed by atoms with van der Waals surface area (Å²) in [6.45, 7) is 4.48. The Morgan fingerprint density at radius 1 is 1.50 bits per heavy atom. The van der Waals surface area contributed by atoms with E-state index in [0.29, 0.717) is 6.79 Å². The van der Waals surface area contributed by atoms with Crippen LogP contribution < -0.4 is 0 Å². The summed E-state index contributed by atoms with van der Waals surface area (Å²) < 4.78 is 11.0. The minimum Gasteiger partial charge on any atom is -0.469 e. The van der Waals surface area contributed by atoms with Crippen molar-refractivity contribution in [1.82, 2.24) is 0 Å². The van der Waals surface area contributed by atoms with Crippen molar-refractivity contribution in [3.05, 3.63) is 23.5 Å². The van der Waals surface area contributed by atoms with Crippen molar-refractivity contribution in [3.8, 4) is 0 Å². The van der Waals surface area contributed by atoms with Crippen LogP contribution in [0.5, 0.6) is 0 Å². The number of aliphatic hydroxyl groups is 1. The van der Waals surface area contributed by atoms with Crippen molar-refractivity contribution >= 4 is 0 Å². The van der Waals surface area contributed by atoms with Gasteiger partial charge in [-0.3, -0.25) is 0 Å². The first-order valence-corrected chi connectivity index (χ1v) is 5.99. The lowest BCUT2D eigenvalue weighted by molar-refractivity contribution is 0.00166. The zero-order valence-corrected chi connectivity index (χ0v) is 10.0. The van der Waals surface area contributed by atoms with Crippen molar-refractivity contribution in [1.29, 1.82) is 0 Å². The van der Waals surface area contributed by atoms with Crippen LogP contribution in [0.25, 0.3) is 0 Å². The molecule has 1 N–H and O–H groups in total. The van der Waals surface area contributed by atoms with Crippen LogP contribution in [-0.4, -0.2) is 23.6 Å². The second-order valence-corrected chi connectivity index (χ2v) is 4.82. The fourth-order valence-electron chi connectivity index (χ4n) is 2.37. The average molecular weight is 224 g/mol. The molecule has 90 valence electrons. The summed E-state index contributed by atoms with van der Waals surface area (Å²) in [4.78, 5) is 0. The molecule has 0 radical (unpaired) electrons. The van der Waals surface area contributed by atoms with E-state index in [1.165, 1.54) is 5.57 Å². The highest BCUT2D eigenvalue weighted by molar-refractivity contribution is 5.30. The summed E-state index contributed by atoms with van der Waals surface area (Å²) in [5.74, 6) is 0.918. The van der Waals surface area contributed by atoms with E-state index in [1.807, 2.05) is 13.0 Å². The minimum absolute atomic E-state index is 0.225. The molecular formula is C13H20O3. The molecule has 1 heterocycles. The third kappa shape index (κ3) is 2.30. The fourth-order valence-corrected chi connectivity index (χ4v) is 2.37. The van der Waals surface area contributed by atoms with Gasteiger partial charge in [-0.1, -0.05) is 25.0 Å². The Kier molecular flexibility index (Phi) is 3.36. The molecule has 1 aliphatic carbocycles. The van der Waals surface area contributed by atoms with Crippen LogP contribution in [0.15, 0.2) is 23.5 Å². The highest BCUT2D eigenvalue weighted by Crippen LogP contribution is 2.38. The van der Waals surface area contributed by atoms with Crippen LogP contribution in [0, 0.1) is 0 Å². The molecule has 1 aliphatic heterocycles. The zero-order valence-electron chi connectivity index (χ0n) is 10.0. The van der Waals surface area contributed by atoms with Crippen LogP contribution in [0.3, 0.4) is 0 Å². The van der Waals surface area contributed by atoms with E-state index in [2.05, 4.69) is 13.0 Å². The molecule has 2 unspecified atom stereocenters. The standard InChI is InChI=1S/C13H20O3/c1-3-4-11(14)7-10-5-6-12-13(2,8-10)16-9-15-12/h5-6,11,14H,3-4,7-9H2,1-2H3. The third-order valence-corrected chi connectivity index (χ3v) is 3.27. The quantitative estimate of drug-likeness (QED) is 0.797. The largest absolute Gasteiger partial charge is 0.469 e. The number of hydrogen-bond donors (Lipinski definition) is 1. The molecule has 2 rings (SSSR count). The number of aliphatic hydroxyl groups excluding tert-OH is 1. The van der Waals surface area contributed by atoms with Crippen molar-refractivity contribution in [2.24, 2.45) is 0 Å². The fraction of sp³-hybridized carbons (Fsp3) is 0.692. The predicted octanol–water partition coefficient (Wildman–Crippen LogP) is 2.51. The van der Waals surface area contributed by atoms with Gasteiger partial charge in [0.2, 0.25) is 0 Å². The summed E-state index contributed by atoms with van der Waals surface area (Å²) in [5.41, 5.74) is 0.952. The van der Waals surface area contributed by atoms with E-state index in [-0.39, 0.29) is 11.7 Å². The minimum atomic E-state index is -0.296. The van der Waals surface area contributed by atoms with E-state index >= 15 is 0 Å². The Morgan fingerprint density at radius 2 is 2.31 bits per heavy atom. The van der Waals surface area contributed by atoms with E-state index in [9.17, 15) is 5.11 Å².